The van der Waals surface area contributed by atoms with E-state index in [1.165, 1.54) is 0 Å². The smallest absolute Gasteiger partial charge is 0.238 e. The van der Waals surface area contributed by atoms with E-state index in [2.05, 4.69) is 26.6 Å². The quantitative estimate of drug-likeness (QED) is 0.817. The molecule has 1 aliphatic heterocycles. The van der Waals surface area contributed by atoms with Crippen molar-refractivity contribution in [3.05, 3.63) is 58.9 Å². The Morgan fingerprint density at radius 3 is 2.77 bits per heavy atom. The number of likely N-dealkylation sites (tertiary alicyclic amines) is 1. The molecule has 5 nitrogen and oxygen atoms in total. The fraction of sp³-hybridized carbons (Fsp3) is 0.400. The van der Waals surface area contributed by atoms with Crippen molar-refractivity contribution in [1.29, 1.82) is 0 Å². The second kappa shape index (κ2) is 9.12. The van der Waals surface area contributed by atoms with E-state index in [1.807, 2.05) is 37.4 Å². The first-order valence-corrected chi connectivity index (χ1v) is 9.39. The molecule has 1 saturated heterocycles. The lowest BCUT2D eigenvalue weighted by molar-refractivity contribution is -0.115. The van der Waals surface area contributed by atoms with E-state index in [4.69, 9.17) is 11.6 Å². The van der Waals surface area contributed by atoms with Crippen LogP contribution < -0.4 is 10.6 Å². The number of amides is 1. The molecule has 1 amide bonds. The van der Waals surface area contributed by atoms with Gasteiger partial charge in [-0.15, -0.1) is 0 Å². The van der Waals surface area contributed by atoms with Crippen molar-refractivity contribution in [2.45, 2.75) is 32.4 Å². The second-order valence-electron chi connectivity index (χ2n) is 6.76. The van der Waals surface area contributed by atoms with E-state index < -0.39 is 0 Å². The number of carbonyl (C=O) groups is 1. The van der Waals surface area contributed by atoms with Crippen molar-refractivity contribution >= 4 is 23.2 Å². The van der Waals surface area contributed by atoms with Crippen LogP contribution in [0.4, 0.5) is 5.69 Å². The lowest BCUT2D eigenvalue weighted by Gasteiger charge is -2.32. The van der Waals surface area contributed by atoms with Crippen LogP contribution in [0, 0.1) is 6.92 Å². The number of nitrogens with zero attached hydrogens (tertiary/aromatic N) is 2. The normalized spacial score (nSPS) is 15.8. The monoisotopic (exact) mass is 372 g/mol. The number of piperidine rings is 1. The highest BCUT2D eigenvalue weighted by Crippen LogP contribution is 2.19. The van der Waals surface area contributed by atoms with E-state index in [-0.39, 0.29) is 5.91 Å². The Balaban J connectivity index is 1.38. The molecular weight excluding hydrogens is 348 g/mol. The van der Waals surface area contributed by atoms with Gasteiger partial charge in [-0.2, -0.15) is 0 Å². The minimum absolute atomic E-state index is 0.0253. The molecule has 138 valence electrons. The summed E-state index contributed by atoms with van der Waals surface area (Å²) in [5.74, 6) is -0.0253. The van der Waals surface area contributed by atoms with Gasteiger partial charge in [0.2, 0.25) is 5.91 Å². The number of carbonyl (C=O) groups excluding carboxylic acids is 1. The largest absolute Gasteiger partial charge is 0.325 e. The van der Waals surface area contributed by atoms with Crippen molar-refractivity contribution in [1.82, 2.24) is 15.2 Å². The minimum atomic E-state index is -0.0253. The standard InChI is InChI=1S/C20H25ClN4O/c1-15-12-17(5-6-19(15)21)24-20(26)13-23-16-7-10-25(11-8-16)14-18-4-2-3-9-22-18/h2-6,9,12,16,23H,7-8,10-11,13-14H2,1H3,(H,24,26). The average molecular weight is 373 g/mol. The SMILES string of the molecule is Cc1cc(NC(=O)CNC2CCN(Cc3ccccn3)CC2)ccc1Cl. The van der Waals surface area contributed by atoms with Crippen LogP contribution in [0.15, 0.2) is 42.6 Å². The van der Waals surface area contributed by atoms with Gasteiger partial charge in [-0.1, -0.05) is 17.7 Å². The lowest BCUT2D eigenvalue weighted by atomic mass is 10.0. The number of aryl methyl sites for hydroxylation is 1. The molecule has 0 saturated carbocycles. The van der Waals surface area contributed by atoms with Gasteiger partial charge in [0.25, 0.3) is 0 Å². The van der Waals surface area contributed by atoms with Crippen LogP contribution in [-0.2, 0) is 11.3 Å². The molecule has 2 N–H and O–H groups in total. The summed E-state index contributed by atoms with van der Waals surface area (Å²) in [7, 11) is 0. The van der Waals surface area contributed by atoms with Crippen LogP contribution in [-0.4, -0.2) is 41.5 Å². The van der Waals surface area contributed by atoms with E-state index >= 15 is 0 Å². The molecule has 2 heterocycles. The number of anilines is 1. The van der Waals surface area contributed by atoms with Crippen LogP contribution in [0.1, 0.15) is 24.1 Å². The fourth-order valence-corrected chi connectivity index (χ4v) is 3.30. The first-order chi connectivity index (χ1) is 12.6. The topological polar surface area (TPSA) is 57.3 Å². The number of rotatable bonds is 6. The Kier molecular flexibility index (Phi) is 6.61. The zero-order valence-corrected chi connectivity index (χ0v) is 15.8. The Hall–Kier alpha value is -1.95. The van der Waals surface area contributed by atoms with Gasteiger partial charge in [0.05, 0.1) is 12.2 Å². The molecule has 0 spiro atoms. The number of aromatic nitrogens is 1. The summed E-state index contributed by atoms with van der Waals surface area (Å²) in [5.41, 5.74) is 2.85. The zero-order chi connectivity index (χ0) is 18.4. The van der Waals surface area contributed by atoms with Gasteiger partial charge in [0, 0.05) is 42.6 Å². The van der Waals surface area contributed by atoms with Crippen LogP contribution >= 0.6 is 11.6 Å². The zero-order valence-electron chi connectivity index (χ0n) is 15.0. The Labute approximate surface area is 159 Å². The molecule has 0 atom stereocenters. The van der Waals surface area contributed by atoms with Crippen LogP contribution in [0.2, 0.25) is 5.02 Å². The average Bonchev–Trinajstić information content (AvgIpc) is 2.65. The summed E-state index contributed by atoms with van der Waals surface area (Å²) < 4.78 is 0. The maximum absolute atomic E-state index is 12.1. The predicted octanol–water partition coefficient (Wildman–Crippen LogP) is 3.24. The van der Waals surface area contributed by atoms with Gasteiger partial charge in [0.1, 0.15) is 0 Å². The first kappa shape index (κ1) is 18.8. The summed E-state index contributed by atoms with van der Waals surface area (Å²) in [6.45, 7) is 5.18. The lowest BCUT2D eigenvalue weighted by Crippen LogP contribution is -2.44. The molecule has 2 aromatic rings. The highest BCUT2D eigenvalue weighted by atomic mass is 35.5. The summed E-state index contributed by atoms with van der Waals surface area (Å²) in [6, 6.07) is 11.9. The van der Waals surface area contributed by atoms with Gasteiger partial charge in [0.15, 0.2) is 0 Å². The third-order valence-electron chi connectivity index (χ3n) is 4.69. The molecule has 1 aliphatic rings. The summed E-state index contributed by atoms with van der Waals surface area (Å²) in [4.78, 5) is 18.9. The third-order valence-corrected chi connectivity index (χ3v) is 5.12. The third kappa shape index (κ3) is 5.53. The molecule has 3 rings (SSSR count). The molecule has 1 fully saturated rings. The number of hydrogen-bond donors (Lipinski definition) is 2. The Morgan fingerprint density at radius 2 is 2.08 bits per heavy atom. The van der Waals surface area contributed by atoms with Crippen LogP contribution in [0.25, 0.3) is 0 Å². The fourth-order valence-electron chi connectivity index (χ4n) is 3.18. The van der Waals surface area contributed by atoms with Crippen molar-refractivity contribution < 1.29 is 4.79 Å². The molecule has 0 aliphatic carbocycles. The van der Waals surface area contributed by atoms with Crippen molar-refractivity contribution in [3.8, 4) is 0 Å². The molecule has 1 aromatic carbocycles. The molecule has 0 unspecified atom stereocenters. The van der Waals surface area contributed by atoms with E-state index in [1.54, 1.807) is 6.07 Å². The molecule has 0 bridgehead atoms. The maximum atomic E-state index is 12.1. The summed E-state index contributed by atoms with van der Waals surface area (Å²) in [5, 5.41) is 6.99. The Morgan fingerprint density at radius 1 is 1.27 bits per heavy atom. The molecule has 0 radical (unpaired) electrons. The molecular formula is C20H25ClN4O. The number of benzene rings is 1. The molecule has 26 heavy (non-hydrogen) atoms. The Bertz CT molecular complexity index is 730. The van der Waals surface area contributed by atoms with Gasteiger partial charge < -0.3 is 10.6 Å². The van der Waals surface area contributed by atoms with E-state index in [0.717, 1.165) is 49.4 Å². The van der Waals surface area contributed by atoms with Gasteiger partial charge >= 0.3 is 0 Å². The van der Waals surface area contributed by atoms with E-state index in [0.29, 0.717) is 17.6 Å². The minimum Gasteiger partial charge on any atom is -0.325 e. The number of pyridine rings is 1. The molecule has 1 aromatic heterocycles. The van der Waals surface area contributed by atoms with Crippen LogP contribution in [0.5, 0.6) is 0 Å². The predicted molar refractivity (Wildman–Crippen MR) is 105 cm³/mol. The number of halogens is 1. The van der Waals surface area contributed by atoms with E-state index in [9.17, 15) is 4.79 Å². The summed E-state index contributed by atoms with van der Waals surface area (Å²) >= 11 is 6.01. The molecule has 6 heteroatoms. The van der Waals surface area contributed by atoms with Crippen LogP contribution in [0.3, 0.4) is 0 Å². The van der Waals surface area contributed by atoms with Crippen molar-refractivity contribution in [2.75, 3.05) is 25.0 Å². The number of hydrogen-bond acceptors (Lipinski definition) is 4. The first-order valence-electron chi connectivity index (χ1n) is 9.02. The maximum Gasteiger partial charge on any atom is 0.238 e. The van der Waals surface area contributed by atoms with Crippen molar-refractivity contribution in [2.24, 2.45) is 0 Å². The van der Waals surface area contributed by atoms with Gasteiger partial charge in [-0.25, -0.2) is 0 Å². The second-order valence-corrected chi connectivity index (χ2v) is 7.17. The summed E-state index contributed by atoms with van der Waals surface area (Å²) in [6.07, 6.45) is 3.92. The highest BCUT2D eigenvalue weighted by Gasteiger charge is 2.19. The van der Waals surface area contributed by atoms with Gasteiger partial charge in [-0.05, 0) is 55.7 Å². The highest BCUT2D eigenvalue weighted by molar-refractivity contribution is 6.31. The van der Waals surface area contributed by atoms with Gasteiger partial charge in [-0.3, -0.25) is 14.7 Å². The number of nitrogens with one attached hydrogen (secondary N) is 2. The van der Waals surface area contributed by atoms with Crippen molar-refractivity contribution in [3.63, 3.8) is 0 Å².